The van der Waals surface area contributed by atoms with E-state index in [1.807, 2.05) is 0 Å². The fourth-order valence-corrected chi connectivity index (χ4v) is 9.32. The minimum Gasteiger partial charge on any atom is -0.454 e. The standard InChI is InChI=1S/C50H41BN2O/c1-49(2,3)32-26-33(50(4,5)6)28-34(27-32)52-43-24-23-31(30-15-8-7-9-16-30)25-41(43)51-45-39(29-40-36-18-11-13-22-44(36)54-48(40)47(45)52)38-20-14-19-37-35-17-10-12-21-42(35)53(51)46(37)38/h7-29H,1-6H3. The summed E-state index contributed by atoms with van der Waals surface area (Å²) in [5, 5.41) is 4.87. The SMILES string of the molecule is CC(C)(C)c1cc(N2c3ccc(-c4ccccc4)cc3B3c4c(cc5c(oc6ccccc65)c42)-c2cccc4c5ccccc5n3c24)cc(C(C)(C)C)c1. The molecule has 0 N–H and O–H groups in total. The first-order chi connectivity index (χ1) is 26.1. The predicted molar refractivity (Wildman–Crippen MR) is 230 cm³/mol. The summed E-state index contributed by atoms with van der Waals surface area (Å²) in [7, 11) is 0. The van der Waals surface area contributed by atoms with E-state index in [9.17, 15) is 0 Å². The average Bonchev–Trinajstić information content (AvgIpc) is 3.72. The van der Waals surface area contributed by atoms with E-state index in [1.54, 1.807) is 0 Å². The Labute approximate surface area is 316 Å². The quantitative estimate of drug-likeness (QED) is 0.168. The molecule has 0 saturated heterocycles. The van der Waals surface area contributed by atoms with Crippen LogP contribution < -0.4 is 15.8 Å². The number of furan rings is 1. The van der Waals surface area contributed by atoms with Gasteiger partial charge in [0, 0.05) is 49.5 Å². The Hall–Kier alpha value is -6.00. The number of benzene rings is 7. The normalized spacial score (nSPS) is 13.7. The predicted octanol–water partition coefficient (Wildman–Crippen LogP) is 12.4. The van der Waals surface area contributed by atoms with Crippen molar-refractivity contribution in [2.24, 2.45) is 0 Å². The molecule has 0 bridgehead atoms. The van der Waals surface area contributed by atoms with Crippen LogP contribution in [-0.4, -0.2) is 11.3 Å². The molecule has 2 aliphatic rings. The van der Waals surface area contributed by atoms with Crippen molar-refractivity contribution >= 4 is 78.6 Å². The minimum atomic E-state index is -0.0762. The second-order valence-corrected chi connectivity index (χ2v) is 17.4. The number of para-hydroxylation sites is 3. The van der Waals surface area contributed by atoms with Crippen LogP contribution in [0, 0.1) is 0 Å². The van der Waals surface area contributed by atoms with Crippen molar-refractivity contribution in [2.45, 2.75) is 52.4 Å². The van der Waals surface area contributed by atoms with Crippen molar-refractivity contribution in [1.29, 1.82) is 0 Å². The second-order valence-electron chi connectivity index (χ2n) is 17.4. The Morgan fingerprint density at radius 3 is 1.98 bits per heavy atom. The molecule has 0 radical (unpaired) electrons. The van der Waals surface area contributed by atoms with Crippen LogP contribution in [-0.2, 0) is 10.8 Å². The third kappa shape index (κ3) is 4.31. The van der Waals surface area contributed by atoms with Crippen molar-refractivity contribution < 1.29 is 4.42 Å². The number of rotatable bonds is 2. The molecule has 0 atom stereocenters. The first-order valence-corrected chi connectivity index (χ1v) is 19.2. The van der Waals surface area contributed by atoms with E-state index < -0.39 is 0 Å². The first kappa shape index (κ1) is 31.5. The van der Waals surface area contributed by atoms with Gasteiger partial charge in [-0.15, -0.1) is 0 Å². The van der Waals surface area contributed by atoms with E-state index in [-0.39, 0.29) is 17.7 Å². The molecule has 4 heteroatoms. The van der Waals surface area contributed by atoms with Crippen LogP contribution in [0.15, 0.2) is 144 Å². The Kier molecular flexibility index (Phi) is 6.30. The molecule has 0 spiro atoms. The molecule has 3 nitrogen and oxygen atoms in total. The molecule has 54 heavy (non-hydrogen) atoms. The molecule has 4 heterocycles. The van der Waals surface area contributed by atoms with Crippen LogP contribution in [0.25, 0.3) is 66.0 Å². The van der Waals surface area contributed by atoms with Gasteiger partial charge in [-0.3, -0.25) is 0 Å². The van der Waals surface area contributed by atoms with E-state index >= 15 is 0 Å². The van der Waals surface area contributed by atoms with Gasteiger partial charge in [-0.1, -0.05) is 145 Å². The lowest BCUT2D eigenvalue weighted by molar-refractivity contribution is 0.569. The zero-order valence-electron chi connectivity index (χ0n) is 31.7. The molecule has 0 fully saturated rings. The molecule has 7 aromatic carbocycles. The zero-order valence-corrected chi connectivity index (χ0v) is 31.7. The fraction of sp³-hybridized carbons (Fsp3) is 0.160. The van der Waals surface area contributed by atoms with Gasteiger partial charge in [-0.2, -0.15) is 0 Å². The monoisotopic (exact) mass is 696 g/mol. The highest BCUT2D eigenvalue weighted by atomic mass is 16.3. The lowest BCUT2D eigenvalue weighted by Gasteiger charge is -2.41. The summed E-state index contributed by atoms with van der Waals surface area (Å²) in [6.45, 7) is 13.9. The largest absolute Gasteiger partial charge is 0.454 e. The highest BCUT2D eigenvalue weighted by Gasteiger charge is 2.45. The molecule has 260 valence electrons. The Balaban J connectivity index is 1.35. The van der Waals surface area contributed by atoms with Crippen molar-refractivity contribution in [3.05, 3.63) is 151 Å². The van der Waals surface area contributed by atoms with Gasteiger partial charge in [0.05, 0.1) is 5.69 Å². The van der Waals surface area contributed by atoms with Crippen molar-refractivity contribution in [2.75, 3.05) is 4.90 Å². The maximum absolute atomic E-state index is 7.06. The topological polar surface area (TPSA) is 21.3 Å². The van der Waals surface area contributed by atoms with E-state index in [4.69, 9.17) is 4.42 Å². The van der Waals surface area contributed by atoms with Gasteiger partial charge in [-0.25, -0.2) is 0 Å². The van der Waals surface area contributed by atoms with E-state index in [2.05, 4.69) is 190 Å². The van der Waals surface area contributed by atoms with Crippen molar-refractivity contribution in [1.82, 2.24) is 4.48 Å². The highest BCUT2D eigenvalue weighted by Crippen LogP contribution is 2.50. The van der Waals surface area contributed by atoms with Gasteiger partial charge in [0.25, 0.3) is 0 Å². The van der Waals surface area contributed by atoms with Gasteiger partial charge in [-0.05, 0) is 86.0 Å². The molecule has 0 amide bonds. The van der Waals surface area contributed by atoms with Crippen LogP contribution in [0.3, 0.4) is 0 Å². The highest BCUT2D eigenvalue weighted by molar-refractivity contribution is 6.90. The summed E-state index contributed by atoms with van der Waals surface area (Å²) >= 11 is 0. The fourth-order valence-electron chi connectivity index (χ4n) is 9.32. The zero-order chi connectivity index (χ0) is 36.7. The average molecular weight is 697 g/mol. The van der Waals surface area contributed by atoms with Crippen LogP contribution in [0.2, 0.25) is 0 Å². The summed E-state index contributed by atoms with van der Waals surface area (Å²) in [6, 6.07) is 52.0. The lowest BCUT2D eigenvalue weighted by Crippen LogP contribution is -2.56. The molecule has 9 aromatic rings. The lowest BCUT2D eigenvalue weighted by atomic mass is 9.44. The second kappa shape index (κ2) is 10.8. The maximum Gasteiger partial charge on any atom is 0.333 e. The van der Waals surface area contributed by atoms with E-state index in [0.717, 1.165) is 33.3 Å². The maximum atomic E-state index is 7.06. The van der Waals surface area contributed by atoms with Gasteiger partial charge in [0.15, 0.2) is 5.58 Å². The smallest absolute Gasteiger partial charge is 0.333 e. The molecule has 0 unspecified atom stereocenters. The van der Waals surface area contributed by atoms with Crippen LogP contribution in [0.4, 0.5) is 17.1 Å². The van der Waals surface area contributed by atoms with Crippen LogP contribution in [0.1, 0.15) is 52.7 Å². The Morgan fingerprint density at radius 2 is 1.22 bits per heavy atom. The summed E-state index contributed by atoms with van der Waals surface area (Å²) in [6.07, 6.45) is 0. The summed E-state index contributed by atoms with van der Waals surface area (Å²) < 4.78 is 9.69. The molecular formula is C50H41BN2O. The van der Waals surface area contributed by atoms with Crippen molar-refractivity contribution in [3.63, 3.8) is 0 Å². The van der Waals surface area contributed by atoms with E-state index in [0.29, 0.717) is 0 Å². The first-order valence-electron chi connectivity index (χ1n) is 19.2. The molecule has 2 aliphatic heterocycles. The molecule has 2 aromatic heterocycles. The minimum absolute atomic E-state index is 0.0479. The molecule has 0 saturated carbocycles. The molecule has 11 rings (SSSR count). The summed E-state index contributed by atoms with van der Waals surface area (Å²) in [5.41, 5.74) is 18.0. The van der Waals surface area contributed by atoms with Crippen LogP contribution in [0.5, 0.6) is 0 Å². The third-order valence-electron chi connectivity index (χ3n) is 12.0. The molecule has 0 aliphatic carbocycles. The number of nitrogens with zero attached hydrogens (tertiary/aromatic N) is 2. The Bertz CT molecular complexity index is 2990. The number of hydrogen-bond acceptors (Lipinski definition) is 2. The number of hydrogen-bond donors (Lipinski definition) is 0. The third-order valence-corrected chi connectivity index (χ3v) is 12.0. The van der Waals surface area contributed by atoms with Gasteiger partial charge in [0.2, 0.25) is 0 Å². The number of anilines is 3. The van der Waals surface area contributed by atoms with Gasteiger partial charge < -0.3 is 13.8 Å². The summed E-state index contributed by atoms with van der Waals surface area (Å²) in [4.78, 5) is 2.55. The number of aromatic nitrogens is 1. The van der Waals surface area contributed by atoms with Crippen LogP contribution >= 0.6 is 0 Å². The van der Waals surface area contributed by atoms with Crippen molar-refractivity contribution in [3.8, 4) is 22.3 Å². The molecular weight excluding hydrogens is 655 g/mol. The van der Waals surface area contributed by atoms with E-state index in [1.165, 1.54) is 71.8 Å². The van der Waals surface area contributed by atoms with Gasteiger partial charge >= 0.3 is 6.85 Å². The van der Waals surface area contributed by atoms with Gasteiger partial charge in [0.1, 0.15) is 5.58 Å². The Morgan fingerprint density at radius 1 is 0.537 bits per heavy atom. The summed E-state index contributed by atoms with van der Waals surface area (Å²) in [5.74, 6) is 0. The number of fused-ring (bicyclic) bond motifs is 11.